The Hall–Kier alpha value is -2.37. The van der Waals surface area contributed by atoms with Gasteiger partial charge in [-0.25, -0.2) is 0 Å². The molecule has 3 rings (SSSR count). The first-order valence-electron chi connectivity index (χ1n) is 8.07. The second kappa shape index (κ2) is 6.81. The lowest BCUT2D eigenvalue weighted by molar-refractivity contribution is -0.140. The first kappa shape index (κ1) is 15.5. The van der Waals surface area contributed by atoms with Crippen LogP contribution in [0.5, 0.6) is 0 Å². The molecule has 122 valence electrons. The molecule has 0 radical (unpaired) electrons. The van der Waals surface area contributed by atoms with E-state index in [-0.39, 0.29) is 24.9 Å². The zero-order chi connectivity index (χ0) is 16.2. The minimum Gasteiger partial charge on any atom is -0.481 e. The maximum absolute atomic E-state index is 12.7. The molecule has 1 atom stereocenters. The molecule has 6 heteroatoms. The average Bonchev–Trinajstić information content (AvgIpc) is 2.96. The number of carboxylic acid groups (broad SMARTS) is 1. The highest BCUT2D eigenvalue weighted by Gasteiger charge is 2.27. The number of aliphatic carboxylic acids is 1. The molecule has 1 fully saturated rings. The fourth-order valence-corrected chi connectivity index (χ4v) is 3.29. The van der Waals surface area contributed by atoms with Crippen molar-refractivity contribution >= 4 is 22.8 Å². The molecule has 1 aliphatic heterocycles. The number of rotatable bonds is 5. The van der Waals surface area contributed by atoms with Crippen LogP contribution < -0.4 is 0 Å². The molecule has 1 aromatic heterocycles. The van der Waals surface area contributed by atoms with Crippen molar-refractivity contribution in [1.82, 2.24) is 14.7 Å². The van der Waals surface area contributed by atoms with Crippen molar-refractivity contribution in [3.8, 4) is 0 Å². The van der Waals surface area contributed by atoms with E-state index in [4.69, 9.17) is 5.11 Å². The van der Waals surface area contributed by atoms with E-state index in [1.807, 2.05) is 29.2 Å². The summed E-state index contributed by atoms with van der Waals surface area (Å²) in [5.41, 5.74) is 0.944. The van der Waals surface area contributed by atoms with Crippen molar-refractivity contribution in [1.29, 1.82) is 0 Å². The van der Waals surface area contributed by atoms with E-state index in [1.165, 1.54) is 0 Å². The number of fused-ring (bicyclic) bond motifs is 1. The smallest absolute Gasteiger partial charge is 0.303 e. The number of benzene rings is 1. The topological polar surface area (TPSA) is 75.4 Å². The van der Waals surface area contributed by atoms with Gasteiger partial charge in [0.15, 0.2) is 0 Å². The fourth-order valence-electron chi connectivity index (χ4n) is 3.29. The fraction of sp³-hybridized carbons (Fsp3) is 0.471. The molecule has 0 unspecified atom stereocenters. The minimum atomic E-state index is -0.805. The van der Waals surface area contributed by atoms with Crippen molar-refractivity contribution in [3.05, 3.63) is 30.5 Å². The summed E-state index contributed by atoms with van der Waals surface area (Å²) >= 11 is 0. The van der Waals surface area contributed by atoms with Crippen LogP contribution in [-0.4, -0.2) is 44.3 Å². The molecule has 1 saturated heterocycles. The summed E-state index contributed by atoms with van der Waals surface area (Å²) in [4.78, 5) is 25.3. The number of piperidine rings is 1. The Morgan fingerprint density at radius 3 is 2.91 bits per heavy atom. The third-order valence-corrected chi connectivity index (χ3v) is 4.47. The highest BCUT2D eigenvalue weighted by atomic mass is 16.4. The van der Waals surface area contributed by atoms with Gasteiger partial charge >= 0.3 is 5.97 Å². The highest BCUT2D eigenvalue weighted by Crippen LogP contribution is 2.22. The van der Waals surface area contributed by atoms with E-state index >= 15 is 0 Å². The van der Waals surface area contributed by atoms with Crippen LogP contribution >= 0.6 is 0 Å². The molecule has 1 N–H and O–H groups in total. The molecule has 2 aromatic rings. The highest BCUT2D eigenvalue weighted by molar-refractivity contribution is 5.82. The van der Waals surface area contributed by atoms with Gasteiger partial charge < -0.3 is 10.0 Å². The lowest BCUT2D eigenvalue weighted by Gasteiger charge is -2.35. The largest absolute Gasteiger partial charge is 0.481 e. The average molecular weight is 315 g/mol. The molecule has 6 nitrogen and oxygen atoms in total. The summed E-state index contributed by atoms with van der Waals surface area (Å²) in [5, 5.41) is 14.2. The van der Waals surface area contributed by atoms with Gasteiger partial charge in [-0.3, -0.25) is 14.3 Å². The van der Waals surface area contributed by atoms with Gasteiger partial charge in [0.2, 0.25) is 5.91 Å². The third kappa shape index (κ3) is 3.52. The van der Waals surface area contributed by atoms with E-state index < -0.39 is 5.97 Å². The monoisotopic (exact) mass is 315 g/mol. The van der Waals surface area contributed by atoms with Gasteiger partial charge in [0, 0.05) is 24.4 Å². The van der Waals surface area contributed by atoms with Crippen LogP contribution in [0.4, 0.5) is 0 Å². The minimum absolute atomic E-state index is 0.0222. The Balaban J connectivity index is 1.71. The van der Waals surface area contributed by atoms with E-state index in [0.29, 0.717) is 13.0 Å². The van der Waals surface area contributed by atoms with Crippen LogP contribution in [-0.2, 0) is 16.1 Å². The van der Waals surface area contributed by atoms with Crippen LogP contribution in [0.3, 0.4) is 0 Å². The number of amides is 1. The van der Waals surface area contributed by atoms with Gasteiger partial charge in [0.05, 0.1) is 11.7 Å². The zero-order valence-electron chi connectivity index (χ0n) is 13.0. The van der Waals surface area contributed by atoms with E-state index in [2.05, 4.69) is 5.10 Å². The Labute approximate surface area is 134 Å². The van der Waals surface area contributed by atoms with Crippen molar-refractivity contribution in [2.75, 3.05) is 6.54 Å². The van der Waals surface area contributed by atoms with Crippen LogP contribution in [0, 0.1) is 0 Å². The summed E-state index contributed by atoms with van der Waals surface area (Å²) < 4.78 is 1.72. The summed E-state index contributed by atoms with van der Waals surface area (Å²) in [7, 11) is 0. The Morgan fingerprint density at radius 2 is 2.09 bits per heavy atom. The van der Waals surface area contributed by atoms with E-state index in [1.54, 1.807) is 10.9 Å². The number of nitrogens with zero attached hydrogens (tertiary/aromatic N) is 3. The summed E-state index contributed by atoms with van der Waals surface area (Å²) in [6.07, 6.45) is 5.33. The molecule has 1 amide bonds. The SMILES string of the molecule is O=C(O)CC[C@@H]1CCCCN1C(=O)Cn1ncc2ccccc21. The number of hydrogen-bond donors (Lipinski definition) is 1. The number of aromatic nitrogens is 2. The van der Waals surface area contributed by atoms with Gasteiger partial charge in [0.1, 0.15) is 6.54 Å². The van der Waals surface area contributed by atoms with Gasteiger partial charge in [-0.2, -0.15) is 5.10 Å². The number of hydrogen-bond acceptors (Lipinski definition) is 3. The van der Waals surface area contributed by atoms with Crippen molar-refractivity contribution in [2.24, 2.45) is 0 Å². The summed E-state index contributed by atoms with van der Waals surface area (Å²) in [5.74, 6) is -0.782. The van der Waals surface area contributed by atoms with Crippen LogP contribution in [0.1, 0.15) is 32.1 Å². The summed E-state index contributed by atoms with van der Waals surface area (Å²) in [6.45, 7) is 0.916. The summed E-state index contributed by atoms with van der Waals surface area (Å²) in [6, 6.07) is 7.84. The van der Waals surface area contributed by atoms with Crippen LogP contribution in [0.2, 0.25) is 0 Å². The Bertz CT molecular complexity index is 710. The number of carbonyl (C=O) groups is 2. The molecular formula is C17H21N3O3. The van der Waals surface area contributed by atoms with Gasteiger partial charge in [-0.05, 0) is 31.7 Å². The molecule has 0 saturated carbocycles. The molecular weight excluding hydrogens is 294 g/mol. The third-order valence-electron chi connectivity index (χ3n) is 4.47. The standard InChI is InChI=1S/C17H21N3O3/c21-16(12-20-15-7-2-1-5-13(15)11-18-20)19-10-4-3-6-14(19)8-9-17(22)23/h1-2,5,7,11,14H,3-4,6,8-10,12H2,(H,22,23)/t14-/m0/s1. The predicted molar refractivity (Wildman–Crippen MR) is 86.0 cm³/mol. The number of para-hydroxylation sites is 1. The quantitative estimate of drug-likeness (QED) is 0.918. The zero-order valence-corrected chi connectivity index (χ0v) is 13.0. The number of carbonyl (C=O) groups excluding carboxylic acids is 1. The lowest BCUT2D eigenvalue weighted by Crippen LogP contribution is -2.45. The molecule has 0 aliphatic carbocycles. The molecule has 1 aliphatic rings. The van der Waals surface area contributed by atoms with E-state index in [0.717, 1.165) is 30.2 Å². The van der Waals surface area contributed by atoms with Crippen LogP contribution in [0.25, 0.3) is 10.9 Å². The number of likely N-dealkylation sites (tertiary alicyclic amines) is 1. The number of carboxylic acids is 1. The van der Waals surface area contributed by atoms with Gasteiger partial charge in [-0.15, -0.1) is 0 Å². The first-order chi connectivity index (χ1) is 11.1. The Kier molecular flexibility index (Phi) is 4.60. The molecule has 2 heterocycles. The normalized spacial score (nSPS) is 18.3. The second-order valence-corrected chi connectivity index (χ2v) is 6.03. The molecule has 1 aromatic carbocycles. The molecule has 0 bridgehead atoms. The van der Waals surface area contributed by atoms with Crippen molar-refractivity contribution in [3.63, 3.8) is 0 Å². The van der Waals surface area contributed by atoms with Crippen molar-refractivity contribution in [2.45, 2.75) is 44.7 Å². The predicted octanol–water partition coefficient (Wildman–Crippen LogP) is 2.28. The van der Waals surface area contributed by atoms with E-state index in [9.17, 15) is 9.59 Å². The van der Waals surface area contributed by atoms with Crippen LogP contribution in [0.15, 0.2) is 30.5 Å². The molecule has 23 heavy (non-hydrogen) atoms. The Morgan fingerprint density at radius 1 is 1.26 bits per heavy atom. The lowest BCUT2D eigenvalue weighted by atomic mass is 9.98. The molecule has 0 spiro atoms. The first-order valence-corrected chi connectivity index (χ1v) is 8.07. The van der Waals surface area contributed by atoms with Gasteiger partial charge in [0.25, 0.3) is 0 Å². The maximum atomic E-state index is 12.7. The second-order valence-electron chi connectivity index (χ2n) is 6.03. The van der Waals surface area contributed by atoms with Gasteiger partial charge in [-0.1, -0.05) is 18.2 Å². The maximum Gasteiger partial charge on any atom is 0.303 e. The van der Waals surface area contributed by atoms with Crippen molar-refractivity contribution < 1.29 is 14.7 Å².